The molecule has 0 bridgehead atoms. The number of aromatic carboxylic acids is 1. The lowest BCUT2D eigenvalue weighted by Gasteiger charge is -2.33. The number of halogens is 2. The molecule has 0 aliphatic carbocycles. The van der Waals surface area contributed by atoms with Crippen LogP contribution in [0.15, 0.2) is 36.5 Å². The predicted octanol–water partition coefficient (Wildman–Crippen LogP) is 3.18. The Morgan fingerprint density at radius 2 is 1.76 bits per heavy atom. The molecule has 0 saturated carbocycles. The van der Waals surface area contributed by atoms with Gasteiger partial charge >= 0.3 is 5.97 Å². The van der Waals surface area contributed by atoms with E-state index in [0.717, 1.165) is 5.69 Å². The van der Waals surface area contributed by atoms with Gasteiger partial charge in [0.1, 0.15) is 6.61 Å². The zero-order chi connectivity index (χ0) is 20.6. The van der Waals surface area contributed by atoms with Crippen molar-refractivity contribution >= 4 is 23.4 Å². The Kier molecular flexibility index (Phi) is 4.81. The van der Waals surface area contributed by atoms with Crippen molar-refractivity contribution in [3.05, 3.63) is 47.7 Å². The van der Waals surface area contributed by atoms with Crippen molar-refractivity contribution < 1.29 is 28.2 Å². The van der Waals surface area contributed by atoms with Crippen molar-refractivity contribution in [1.29, 1.82) is 0 Å². The van der Waals surface area contributed by atoms with Gasteiger partial charge in [-0.15, -0.1) is 0 Å². The Bertz CT molecular complexity index is 939. The molecule has 1 N–H and O–H groups in total. The van der Waals surface area contributed by atoms with Crippen molar-refractivity contribution in [3.8, 4) is 5.75 Å². The number of carbonyl (C=O) groups is 2. The summed E-state index contributed by atoms with van der Waals surface area (Å²) < 4.78 is 32.3. The van der Waals surface area contributed by atoms with E-state index in [1.165, 1.54) is 23.2 Å². The monoisotopic (exact) mass is 403 g/mol. The van der Waals surface area contributed by atoms with Crippen LogP contribution in [0.1, 0.15) is 33.6 Å². The summed E-state index contributed by atoms with van der Waals surface area (Å²) >= 11 is 0. The predicted molar refractivity (Wildman–Crippen MR) is 100 cm³/mol. The van der Waals surface area contributed by atoms with E-state index in [1.54, 1.807) is 18.2 Å². The van der Waals surface area contributed by atoms with Crippen molar-refractivity contribution in [2.75, 3.05) is 31.1 Å². The van der Waals surface area contributed by atoms with Gasteiger partial charge in [0.15, 0.2) is 11.6 Å². The molecule has 1 aromatic heterocycles. The zero-order valence-electron chi connectivity index (χ0n) is 15.5. The van der Waals surface area contributed by atoms with Gasteiger partial charge in [0.05, 0.1) is 17.7 Å². The number of fused-ring (bicyclic) bond motifs is 1. The minimum atomic E-state index is -2.72. The molecule has 0 spiro atoms. The van der Waals surface area contributed by atoms with Crippen LogP contribution in [0.4, 0.5) is 20.3 Å². The van der Waals surface area contributed by atoms with Gasteiger partial charge in [-0.2, -0.15) is 0 Å². The molecule has 2 aromatic rings. The molecule has 1 aromatic carbocycles. The second kappa shape index (κ2) is 7.31. The van der Waals surface area contributed by atoms with Gasteiger partial charge in [-0.05, 0) is 30.3 Å². The van der Waals surface area contributed by atoms with Gasteiger partial charge in [-0.25, -0.2) is 18.6 Å². The van der Waals surface area contributed by atoms with Crippen LogP contribution in [0.2, 0.25) is 0 Å². The van der Waals surface area contributed by atoms with Crippen LogP contribution in [-0.2, 0) is 0 Å². The third-order valence-electron chi connectivity index (χ3n) is 5.12. The minimum absolute atomic E-state index is 0.00578. The molecule has 1 fully saturated rings. The molecule has 1 saturated heterocycles. The number of aromatic nitrogens is 1. The summed E-state index contributed by atoms with van der Waals surface area (Å²) in [6.07, 6.45) is 0.739. The molecule has 152 valence electrons. The summed E-state index contributed by atoms with van der Waals surface area (Å²) in [7, 11) is 0. The maximum atomic E-state index is 13.3. The fraction of sp³-hybridized carbons (Fsp3) is 0.350. The molecule has 3 heterocycles. The van der Waals surface area contributed by atoms with E-state index in [-0.39, 0.29) is 43.0 Å². The van der Waals surface area contributed by atoms with E-state index in [4.69, 9.17) is 9.84 Å². The van der Waals surface area contributed by atoms with Crippen LogP contribution in [0, 0.1) is 0 Å². The molecule has 2 aliphatic rings. The molecule has 2 aliphatic heterocycles. The highest BCUT2D eigenvalue weighted by molar-refractivity contribution is 5.95. The minimum Gasteiger partial charge on any atom is -0.488 e. The average Bonchev–Trinajstić information content (AvgIpc) is 2.72. The Balaban J connectivity index is 1.55. The number of likely N-dealkylation sites (tertiary alicyclic amines) is 1. The molecule has 0 radical (unpaired) electrons. The summed E-state index contributed by atoms with van der Waals surface area (Å²) in [4.78, 5) is 31.3. The largest absolute Gasteiger partial charge is 0.488 e. The van der Waals surface area contributed by atoms with Gasteiger partial charge in [0, 0.05) is 37.8 Å². The van der Waals surface area contributed by atoms with Crippen LogP contribution < -0.4 is 9.64 Å². The Morgan fingerprint density at radius 1 is 1.07 bits per heavy atom. The van der Waals surface area contributed by atoms with Gasteiger partial charge in [0.25, 0.3) is 11.8 Å². The van der Waals surface area contributed by atoms with E-state index in [9.17, 15) is 18.4 Å². The number of rotatable bonds is 3. The summed E-state index contributed by atoms with van der Waals surface area (Å²) in [6.45, 7) is 0.890. The van der Waals surface area contributed by atoms with E-state index in [0.29, 0.717) is 24.7 Å². The number of pyridine rings is 1. The average molecular weight is 403 g/mol. The highest BCUT2D eigenvalue weighted by atomic mass is 19.3. The van der Waals surface area contributed by atoms with Crippen molar-refractivity contribution in [1.82, 2.24) is 9.88 Å². The van der Waals surface area contributed by atoms with Gasteiger partial charge in [-0.1, -0.05) is 0 Å². The molecular formula is C20H19F2N3O4. The van der Waals surface area contributed by atoms with Crippen molar-refractivity contribution in [3.63, 3.8) is 0 Å². The number of carboxylic acid groups (broad SMARTS) is 1. The number of benzene rings is 1. The van der Waals surface area contributed by atoms with E-state index < -0.39 is 11.9 Å². The fourth-order valence-electron chi connectivity index (χ4n) is 3.47. The quantitative estimate of drug-likeness (QED) is 0.848. The summed E-state index contributed by atoms with van der Waals surface area (Å²) in [6, 6.07) is 7.98. The second-order valence-corrected chi connectivity index (χ2v) is 7.05. The van der Waals surface area contributed by atoms with Crippen LogP contribution in [-0.4, -0.2) is 59.0 Å². The third kappa shape index (κ3) is 3.85. The van der Waals surface area contributed by atoms with Crippen LogP contribution in [0.3, 0.4) is 0 Å². The first-order chi connectivity index (χ1) is 13.8. The van der Waals surface area contributed by atoms with E-state index in [1.807, 2.05) is 4.90 Å². The molecule has 0 unspecified atom stereocenters. The number of hydrogen-bond acceptors (Lipinski definition) is 5. The highest BCUT2D eigenvalue weighted by Gasteiger charge is 2.36. The van der Waals surface area contributed by atoms with Crippen LogP contribution in [0.25, 0.3) is 0 Å². The summed E-state index contributed by atoms with van der Waals surface area (Å²) in [5.41, 5.74) is 1.23. The van der Waals surface area contributed by atoms with Gasteiger partial charge < -0.3 is 19.6 Å². The first-order valence-electron chi connectivity index (χ1n) is 9.25. The van der Waals surface area contributed by atoms with Gasteiger partial charge in [-0.3, -0.25) is 4.79 Å². The number of hydrogen-bond donors (Lipinski definition) is 1. The normalized spacial score (nSPS) is 18.0. The lowest BCUT2D eigenvalue weighted by molar-refractivity contribution is -0.0494. The van der Waals surface area contributed by atoms with E-state index in [2.05, 4.69) is 4.98 Å². The van der Waals surface area contributed by atoms with Crippen LogP contribution in [0.5, 0.6) is 5.75 Å². The molecule has 9 heteroatoms. The molecule has 7 nitrogen and oxygen atoms in total. The smallest absolute Gasteiger partial charge is 0.335 e. The van der Waals surface area contributed by atoms with Crippen molar-refractivity contribution in [2.24, 2.45) is 0 Å². The fourth-order valence-corrected chi connectivity index (χ4v) is 3.47. The Morgan fingerprint density at radius 3 is 2.41 bits per heavy atom. The molecular weight excluding hydrogens is 384 g/mol. The number of anilines is 2. The topological polar surface area (TPSA) is 83.0 Å². The number of amides is 1. The summed E-state index contributed by atoms with van der Waals surface area (Å²) in [5.74, 6) is -3.13. The number of carbonyl (C=O) groups excluding carboxylic acids is 1. The number of piperidine rings is 1. The standard InChI is InChI=1S/C20H19F2N3O4/c21-20(22)5-7-24(8-6-20)18(26)14-11-16-17(23-12-14)25(9-10-29-16)15-3-1-13(2-4-15)19(27)28/h1-4,11-12H,5-10H2,(H,27,28). The number of ether oxygens (including phenoxy) is 1. The first kappa shape index (κ1) is 19.1. The Labute approximate surface area is 165 Å². The number of carboxylic acids is 1. The van der Waals surface area contributed by atoms with Crippen LogP contribution >= 0.6 is 0 Å². The van der Waals surface area contributed by atoms with Gasteiger partial charge in [0.2, 0.25) is 0 Å². The maximum Gasteiger partial charge on any atom is 0.335 e. The number of nitrogens with zero attached hydrogens (tertiary/aromatic N) is 3. The van der Waals surface area contributed by atoms with E-state index >= 15 is 0 Å². The number of alkyl halides is 2. The maximum absolute atomic E-state index is 13.3. The molecule has 4 rings (SSSR count). The first-order valence-corrected chi connectivity index (χ1v) is 9.25. The van der Waals surface area contributed by atoms with Crippen molar-refractivity contribution in [2.45, 2.75) is 18.8 Å². The highest BCUT2D eigenvalue weighted by Crippen LogP contribution is 2.36. The SMILES string of the molecule is O=C(O)c1ccc(N2CCOc3cc(C(=O)N4CCC(F)(F)CC4)cnc32)cc1. The second-order valence-electron chi connectivity index (χ2n) is 7.05. The molecule has 1 amide bonds. The molecule has 0 atom stereocenters. The molecule has 29 heavy (non-hydrogen) atoms. The zero-order valence-corrected chi connectivity index (χ0v) is 15.5. The lowest BCUT2D eigenvalue weighted by atomic mass is 10.1. The summed E-state index contributed by atoms with van der Waals surface area (Å²) in [5, 5.41) is 9.04. The third-order valence-corrected chi connectivity index (χ3v) is 5.12. The lowest BCUT2D eigenvalue weighted by Crippen LogP contribution is -2.42. The Hall–Kier alpha value is -3.23.